The Bertz CT molecular complexity index is 1580. The predicted octanol–water partition coefficient (Wildman–Crippen LogP) is 5.79. The molecule has 8 nitrogen and oxygen atoms in total. The van der Waals surface area contributed by atoms with E-state index in [1.54, 1.807) is 6.20 Å². The van der Waals surface area contributed by atoms with Crippen molar-refractivity contribution in [3.8, 4) is 28.3 Å². The fourth-order valence-electron chi connectivity index (χ4n) is 5.17. The molecule has 0 unspecified atom stereocenters. The summed E-state index contributed by atoms with van der Waals surface area (Å²) in [7, 11) is 0. The van der Waals surface area contributed by atoms with Crippen LogP contribution in [0.25, 0.3) is 28.3 Å². The quantitative estimate of drug-likeness (QED) is 0.238. The Morgan fingerprint density at radius 3 is 2.44 bits per heavy atom. The number of nitrogens with one attached hydrogen (secondary N) is 1. The summed E-state index contributed by atoms with van der Waals surface area (Å²) in [6.45, 7) is 7.05. The van der Waals surface area contributed by atoms with Gasteiger partial charge in [-0.15, -0.1) is 10.2 Å². The summed E-state index contributed by atoms with van der Waals surface area (Å²) in [6.07, 6.45) is 9.67. The highest BCUT2D eigenvalue weighted by Gasteiger charge is 2.18. The van der Waals surface area contributed by atoms with E-state index in [1.165, 1.54) is 11.1 Å². The van der Waals surface area contributed by atoms with Crippen molar-refractivity contribution in [2.24, 2.45) is 0 Å². The molecule has 0 aliphatic carbocycles. The molecular weight excluding hydrogens is 486 g/mol. The summed E-state index contributed by atoms with van der Waals surface area (Å²) in [5, 5.41) is 14.4. The molecule has 0 atom stereocenters. The van der Waals surface area contributed by atoms with Gasteiger partial charge in [0.15, 0.2) is 0 Å². The normalized spacial score (nSPS) is 11.3. The lowest BCUT2D eigenvalue weighted by Gasteiger charge is -2.14. The third-order valence-corrected chi connectivity index (χ3v) is 7.16. The summed E-state index contributed by atoms with van der Waals surface area (Å²) in [5.41, 5.74) is 8.27. The van der Waals surface area contributed by atoms with E-state index < -0.39 is 0 Å². The topological polar surface area (TPSA) is 94.3 Å². The highest BCUT2D eigenvalue weighted by molar-refractivity contribution is 5.77. The van der Waals surface area contributed by atoms with Crippen LogP contribution in [0.4, 0.5) is 0 Å². The van der Waals surface area contributed by atoms with E-state index in [1.807, 2.05) is 21.3 Å². The molecule has 5 aromatic rings. The van der Waals surface area contributed by atoms with Gasteiger partial charge in [-0.25, -0.2) is 4.79 Å². The summed E-state index contributed by atoms with van der Waals surface area (Å²) in [4.78, 5) is 18.4. The van der Waals surface area contributed by atoms with E-state index in [2.05, 4.69) is 95.0 Å². The second kappa shape index (κ2) is 12.0. The average molecular weight is 522 g/mol. The number of nitrogens with zero attached hydrogens (tertiary/aromatic N) is 6. The first kappa shape index (κ1) is 26.3. The minimum absolute atomic E-state index is 0.0232. The van der Waals surface area contributed by atoms with Gasteiger partial charge < -0.3 is 0 Å². The highest BCUT2D eigenvalue weighted by atomic mass is 16.1. The largest absolute Gasteiger partial charge is 0.333 e. The maximum Gasteiger partial charge on any atom is 0.333 e. The van der Waals surface area contributed by atoms with Crippen molar-refractivity contribution < 1.29 is 0 Å². The number of aromatic amines is 1. The number of aromatic nitrogens is 7. The van der Waals surface area contributed by atoms with Crippen molar-refractivity contribution in [2.45, 2.75) is 65.8 Å². The first-order valence-electron chi connectivity index (χ1n) is 13.8. The van der Waals surface area contributed by atoms with Gasteiger partial charge >= 0.3 is 5.69 Å². The molecule has 0 saturated carbocycles. The van der Waals surface area contributed by atoms with Gasteiger partial charge in [0.05, 0.1) is 12.2 Å². The van der Waals surface area contributed by atoms with Gasteiger partial charge in [0, 0.05) is 23.7 Å². The zero-order valence-electron chi connectivity index (χ0n) is 22.9. The van der Waals surface area contributed by atoms with Crippen molar-refractivity contribution in [3.05, 3.63) is 99.9 Å². The van der Waals surface area contributed by atoms with E-state index in [4.69, 9.17) is 0 Å². The van der Waals surface area contributed by atoms with Gasteiger partial charge in [-0.2, -0.15) is 5.21 Å². The molecule has 0 bridgehead atoms. The maximum atomic E-state index is 13.9. The molecule has 5 rings (SSSR count). The number of hydrogen-bond donors (Lipinski definition) is 1. The summed E-state index contributed by atoms with van der Waals surface area (Å²) < 4.78 is 3.84. The van der Waals surface area contributed by atoms with Crippen LogP contribution < -0.4 is 5.69 Å². The van der Waals surface area contributed by atoms with E-state index in [0.29, 0.717) is 18.1 Å². The number of hydrogen-bond acceptors (Lipinski definition) is 5. The number of pyridine rings is 1. The number of imidazole rings is 1. The van der Waals surface area contributed by atoms with E-state index >= 15 is 0 Å². The second-order valence-corrected chi connectivity index (χ2v) is 9.82. The van der Waals surface area contributed by atoms with Crippen molar-refractivity contribution in [3.63, 3.8) is 0 Å². The molecule has 0 aliphatic heterocycles. The predicted molar refractivity (Wildman–Crippen MR) is 154 cm³/mol. The Kier molecular flexibility index (Phi) is 8.10. The van der Waals surface area contributed by atoms with Crippen LogP contribution in [-0.2, 0) is 25.8 Å². The van der Waals surface area contributed by atoms with Crippen molar-refractivity contribution >= 4 is 0 Å². The zero-order chi connectivity index (χ0) is 27.2. The number of aryl methyl sites for hydroxylation is 3. The van der Waals surface area contributed by atoms with E-state index in [9.17, 15) is 4.79 Å². The molecule has 39 heavy (non-hydrogen) atoms. The lowest BCUT2D eigenvalue weighted by molar-refractivity contribution is 0.673. The molecule has 0 aliphatic rings. The van der Waals surface area contributed by atoms with E-state index in [-0.39, 0.29) is 5.69 Å². The Balaban J connectivity index is 1.51. The van der Waals surface area contributed by atoms with Crippen LogP contribution >= 0.6 is 0 Å². The summed E-state index contributed by atoms with van der Waals surface area (Å²) in [5.74, 6) is 0.456. The molecular formula is C31H35N7O. The van der Waals surface area contributed by atoms with Gasteiger partial charge in [-0.1, -0.05) is 82.1 Å². The average Bonchev–Trinajstić information content (AvgIpc) is 3.61. The minimum atomic E-state index is 0.0232. The standard InChI is InChI=1S/C31H35N7O/c1-4-7-13-26-21-38(29-23(6-3)11-8-12-25(29)10-5-2)31(39)37(26)20-22-15-17-24(18-16-22)27-14-9-19-32-28(27)30-33-35-36-34-30/h8-9,11-12,14-19,21H,4-7,10,13,20H2,1-3H3,(H,33,34,35,36). The molecule has 0 fully saturated rings. The molecule has 3 aromatic heterocycles. The van der Waals surface area contributed by atoms with Crippen LogP contribution in [0.2, 0.25) is 0 Å². The Morgan fingerprint density at radius 2 is 1.72 bits per heavy atom. The van der Waals surface area contributed by atoms with E-state index in [0.717, 1.165) is 66.6 Å². The number of para-hydroxylation sites is 1. The molecule has 0 amide bonds. The number of benzene rings is 2. The van der Waals surface area contributed by atoms with Crippen LogP contribution in [0.15, 0.2) is 71.8 Å². The smallest absolute Gasteiger partial charge is 0.292 e. The van der Waals surface area contributed by atoms with Crippen LogP contribution in [0, 0.1) is 0 Å². The SMILES string of the molecule is CCCCc1cn(-c2c(CC)cccc2CCC)c(=O)n1Cc1ccc(-c2cccnc2-c2nn[nH]n2)cc1. The lowest BCUT2D eigenvalue weighted by Crippen LogP contribution is -2.26. The third kappa shape index (κ3) is 5.46. The molecule has 2 aromatic carbocycles. The molecule has 0 saturated heterocycles. The summed E-state index contributed by atoms with van der Waals surface area (Å²) in [6, 6.07) is 18.6. The molecule has 0 spiro atoms. The molecule has 3 heterocycles. The maximum absolute atomic E-state index is 13.9. The zero-order valence-corrected chi connectivity index (χ0v) is 22.9. The minimum Gasteiger partial charge on any atom is -0.292 e. The van der Waals surface area contributed by atoms with Crippen LogP contribution in [0.1, 0.15) is 62.4 Å². The number of rotatable bonds is 11. The number of H-pyrrole nitrogens is 1. The summed E-state index contributed by atoms with van der Waals surface area (Å²) >= 11 is 0. The Morgan fingerprint density at radius 1 is 0.897 bits per heavy atom. The number of unbranched alkanes of at least 4 members (excludes halogenated alkanes) is 1. The Hall–Kier alpha value is -4.33. The van der Waals surface area contributed by atoms with Crippen molar-refractivity contribution in [1.29, 1.82) is 0 Å². The molecule has 0 radical (unpaired) electrons. The van der Waals surface area contributed by atoms with Crippen LogP contribution in [-0.4, -0.2) is 34.7 Å². The van der Waals surface area contributed by atoms with Gasteiger partial charge in [0.1, 0.15) is 5.69 Å². The highest BCUT2D eigenvalue weighted by Crippen LogP contribution is 2.28. The number of tetrazole rings is 1. The van der Waals surface area contributed by atoms with Crippen molar-refractivity contribution in [1.82, 2.24) is 34.7 Å². The molecule has 200 valence electrons. The van der Waals surface area contributed by atoms with Gasteiger partial charge in [0.25, 0.3) is 0 Å². The molecule has 1 N–H and O–H groups in total. The second-order valence-electron chi connectivity index (χ2n) is 9.82. The molecule has 8 heteroatoms. The Labute approximate surface area is 228 Å². The lowest BCUT2D eigenvalue weighted by atomic mass is 10.0. The monoisotopic (exact) mass is 521 g/mol. The van der Waals surface area contributed by atoms with Crippen molar-refractivity contribution in [2.75, 3.05) is 0 Å². The van der Waals surface area contributed by atoms with Gasteiger partial charge in [-0.05, 0) is 59.2 Å². The fourth-order valence-corrected chi connectivity index (χ4v) is 5.17. The first-order valence-corrected chi connectivity index (χ1v) is 13.8. The fraction of sp³-hybridized carbons (Fsp3) is 0.323. The van der Waals surface area contributed by atoms with Crippen LogP contribution in [0.5, 0.6) is 0 Å². The van der Waals surface area contributed by atoms with Gasteiger partial charge in [-0.3, -0.25) is 14.1 Å². The van der Waals surface area contributed by atoms with Crippen LogP contribution in [0.3, 0.4) is 0 Å². The third-order valence-electron chi connectivity index (χ3n) is 7.16. The first-order chi connectivity index (χ1) is 19.1. The van der Waals surface area contributed by atoms with Gasteiger partial charge in [0.2, 0.25) is 5.82 Å².